The molecule has 0 fully saturated rings. The summed E-state index contributed by atoms with van der Waals surface area (Å²) in [5.74, 6) is 0.654. The minimum absolute atomic E-state index is 0.0360. The lowest BCUT2D eigenvalue weighted by atomic mass is 10.1. The van der Waals surface area contributed by atoms with Crippen molar-refractivity contribution in [3.05, 3.63) is 28.8 Å². The van der Waals surface area contributed by atoms with Gasteiger partial charge in [0.25, 0.3) is 0 Å². The maximum Gasteiger partial charge on any atom is 0.161 e. The molecule has 0 spiro atoms. The van der Waals surface area contributed by atoms with Crippen LogP contribution in [0.4, 0.5) is 0 Å². The Labute approximate surface area is 88.8 Å². The van der Waals surface area contributed by atoms with E-state index in [2.05, 4.69) is 0 Å². The Morgan fingerprint density at radius 3 is 2.50 bits per heavy atom. The maximum absolute atomic E-state index is 11.1. The van der Waals surface area contributed by atoms with Crippen LogP contribution in [-0.2, 0) is 0 Å². The first-order valence-corrected chi connectivity index (χ1v) is 4.85. The Balaban J connectivity index is 2.94. The Bertz CT molecular complexity index is 345. The van der Waals surface area contributed by atoms with Crippen molar-refractivity contribution < 1.29 is 9.53 Å². The van der Waals surface area contributed by atoms with E-state index in [0.717, 1.165) is 0 Å². The number of ketones is 1. The lowest BCUT2D eigenvalue weighted by Gasteiger charge is -2.10. The Kier molecular flexibility index (Phi) is 3.53. The van der Waals surface area contributed by atoms with E-state index in [1.165, 1.54) is 6.92 Å². The molecule has 0 aliphatic rings. The van der Waals surface area contributed by atoms with Gasteiger partial charge in [-0.15, -0.1) is 0 Å². The molecule has 2 nitrogen and oxygen atoms in total. The summed E-state index contributed by atoms with van der Waals surface area (Å²) in [5.41, 5.74) is 0.530. The SMILES string of the molecule is CC(=O)c1ccc(OC(C)C)cc1Cl. The summed E-state index contributed by atoms with van der Waals surface area (Å²) in [4.78, 5) is 11.1. The van der Waals surface area contributed by atoms with E-state index in [1.807, 2.05) is 13.8 Å². The molecule has 3 heteroatoms. The van der Waals surface area contributed by atoms with Gasteiger partial charge >= 0.3 is 0 Å². The summed E-state index contributed by atoms with van der Waals surface area (Å²) in [6.07, 6.45) is 0.106. The molecule has 14 heavy (non-hydrogen) atoms. The van der Waals surface area contributed by atoms with Crippen LogP contribution >= 0.6 is 11.6 Å². The number of hydrogen-bond donors (Lipinski definition) is 0. The first kappa shape index (κ1) is 11.1. The first-order chi connectivity index (χ1) is 6.50. The molecule has 0 unspecified atom stereocenters. The standard InChI is InChI=1S/C11H13ClO2/c1-7(2)14-9-4-5-10(8(3)13)11(12)6-9/h4-7H,1-3H3. The molecule has 0 saturated heterocycles. The van der Waals surface area contributed by atoms with Crippen molar-refractivity contribution in [1.82, 2.24) is 0 Å². The molecular weight excluding hydrogens is 200 g/mol. The van der Waals surface area contributed by atoms with Crippen molar-refractivity contribution >= 4 is 17.4 Å². The monoisotopic (exact) mass is 212 g/mol. The molecule has 0 atom stereocenters. The van der Waals surface area contributed by atoms with Crippen molar-refractivity contribution in [1.29, 1.82) is 0 Å². The number of carbonyl (C=O) groups is 1. The quantitative estimate of drug-likeness (QED) is 0.719. The smallest absolute Gasteiger partial charge is 0.161 e. The van der Waals surface area contributed by atoms with Crippen LogP contribution in [-0.4, -0.2) is 11.9 Å². The van der Waals surface area contributed by atoms with Crippen LogP contribution in [0.2, 0.25) is 5.02 Å². The van der Waals surface area contributed by atoms with Gasteiger partial charge in [0.2, 0.25) is 0 Å². The molecule has 1 aromatic carbocycles. The molecule has 0 bridgehead atoms. The topological polar surface area (TPSA) is 26.3 Å². The number of Topliss-reactive ketones (excluding diaryl/α,β-unsaturated/α-hetero) is 1. The maximum atomic E-state index is 11.1. The average Bonchev–Trinajstić information content (AvgIpc) is 2.01. The van der Waals surface area contributed by atoms with Gasteiger partial charge in [-0.2, -0.15) is 0 Å². The second kappa shape index (κ2) is 4.47. The molecule has 0 heterocycles. The van der Waals surface area contributed by atoms with Crippen molar-refractivity contribution in [3.8, 4) is 5.75 Å². The zero-order chi connectivity index (χ0) is 10.7. The predicted molar refractivity (Wildman–Crippen MR) is 57.2 cm³/mol. The highest BCUT2D eigenvalue weighted by molar-refractivity contribution is 6.34. The fourth-order valence-electron chi connectivity index (χ4n) is 1.13. The highest BCUT2D eigenvalue weighted by atomic mass is 35.5. The molecule has 0 aliphatic heterocycles. The Morgan fingerprint density at radius 1 is 1.43 bits per heavy atom. The van der Waals surface area contributed by atoms with Crippen LogP contribution in [0.3, 0.4) is 0 Å². The van der Waals surface area contributed by atoms with Gasteiger partial charge < -0.3 is 4.74 Å². The van der Waals surface area contributed by atoms with Crippen molar-refractivity contribution in [2.24, 2.45) is 0 Å². The number of rotatable bonds is 3. The van der Waals surface area contributed by atoms with E-state index in [4.69, 9.17) is 16.3 Å². The van der Waals surface area contributed by atoms with E-state index in [9.17, 15) is 4.79 Å². The molecule has 0 saturated carbocycles. The van der Waals surface area contributed by atoms with Gasteiger partial charge in [0.15, 0.2) is 5.78 Å². The number of ether oxygens (including phenoxy) is 1. The van der Waals surface area contributed by atoms with E-state index in [1.54, 1.807) is 18.2 Å². The van der Waals surface area contributed by atoms with Gasteiger partial charge in [0.05, 0.1) is 11.1 Å². The highest BCUT2D eigenvalue weighted by Crippen LogP contribution is 2.23. The minimum atomic E-state index is -0.0360. The van der Waals surface area contributed by atoms with E-state index in [-0.39, 0.29) is 11.9 Å². The van der Waals surface area contributed by atoms with Gasteiger partial charge in [-0.3, -0.25) is 4.79 Å². The van der Waals surface area contributed by atoms with Crippen LogP contribution in [0, 0.1) is 0 Å². The molecule has 0 amide bonds. The third kappa shape index (κ3) is 2.74. The van der Waals surface area contributed by atoms with Gasteiger partial charge in [0, 0.05) is 5.56 Å². The number of carbonyl (C=O) groups excluding carboxylic acids is 1. The summed E-state index contributed by atoms with van der Waals surface area (Å²) in [6, 6.07) is 5.10. The lowest BCUT2D eigenvalue weighted by Crippen LogP contribution is -2.05. The van der Waals surface area contributed by atoms with Gasteiger partial charge in [0.1, 0.15) is 5.75 Å². The minimum Gasteiger partial charge on any atom is -0.491 e. The fourth-order valence-corrected chi connectivity index (χ4v) is 1.43. The lowest BCUT2D eigenvalue weighted by molar-refractivity contribution is 0.101. The molecule has 0 aromatic heterocycles. The predicted octanol–water partition coefficient (Wildman–Crippen LogP) is 3.33. The number of hydrogen-bond acceptors (Lipinski definition) is 2. The van der Waals surface area contributed by atoms with E-state index in [0.29, 0.717) is 16.3 Å². The summed E-state index contributed by atoms with van der Waals surface area (Å²) < 4.78 is 5.43. The molecule has 0 N–H and O–H groups in total. The number of benzene rings is 1. The van der Waals surface area contributed by atoms with Crippen LogP contribution < -0.4 is 4.74 Å². The Hall–Kier alpha value is -1.02. The average molecular weight is 213 g/mol. The van der Waals surface area contributed by atoms with Crippen LogP contribution in [0.25, 0.3) is 0 Å². The summed E-state index contributed by atoms with van der Waals surface area (Å²) in [5, 5.41) is 0.440. The zero-order valence-corrected chi connectivity index (χ0v) is 9.26. The van der Waals surface area contributed by atoms with Crippen molar-refractivity contribution in [2.45, 2.75) is 26.9 Å². The molecule has 1 aromatic rings. The fraction of sp³-hybridized carbons (Fsp3) is 0.364. The summed E-state index contributed by atoms with van der Waals surface area (Å²) in [6.45, 7) is 5.36. The highest BCUT2D eigenvalue weighted by Gasteiger charge is 2.07. The molecule has 76 valence electrons. The first-order valence-electron chi connectivity index (χ1n) is 4.48. The largest absolute Gasteiger partial charge is 0.491 e. The van der Waals surface area contributed by atoms with Crippen molar-refractivity contribution in [3.63, 3.8) is 0 Å². The molecule has 0 radical (unpaired) electrons. The third-order valence-corrected chi connectivity index (χ3v) is 2.00. The summed E-state index contributed by atoms with van der Waals surface area (Å²) >= 11 is 5.91. The van der Waals surface area contributed by atoms with Gasteiger partial charge in [-0.1, -0.05) is 11.6 Å². The summed E-state index contributed by atoms with van der Waals surface area (Å²) in [7, 11) is 0. The van der Waals surface area contributed by atoms with Crippen molar-refractivity contribution in [2.75, 3.05) is 0 Å². The van der Waals surface area contributed by atoms with Crippen LogP contribution in [0.5, 0.6) is 5.75 Å². The molecule has 1 rings (SSSR count). The normalized spacial score (nSPS) is 10.4. The van der Waals surface area contributed by atoms with Crippen LogP contribution in [0.15, 0.2) is 18.2 Å². The number of halogens is 1. The second-order valence-electron chi connectivity index (χ2n) is 3.36. The molecular formula is C11H13ClO2. The third-order valence-electron chi connectivity index (χ3n) is 1.69. The van der Waals surface area contributed by atoms with Gasteiger partial charge in [-0.25, -0.2) is 0 Å². The second-order valence-corrected chi connectivity index (χ2v) is 3.77. The molecule has 0 aliphatic carbocycles. The van der Waals surface area contributed by atoms with Crippen LogP contribution in [0.1, 0.15) is 31.1 Å². The van der Waals surface area contributed by atoms with E-state index >= 15 is 0 Å². The Morgan fingerprint density at radius 2 is 2.07 bits per heavy atom. The zero-order valence-electron chi connectivity index (χ0n) is 8.50. The van der Waals surface area contributed by atoms with Gasteiger partial charge in [-0.05, 0) is 39.0 Å². The van der Waals surface area contributed by atoms with E-state index < -0.39 is 0 Å².